The van der Waals surface area contributed by atoms with Gasteiger partial charge in [0, 0.05) is 38.6 Å². The SMILES string of the molecule is Cn1ccnc1[C@H](OC(=O)c1ccc(N2CCCCC2)c([N+](=O)[O-])c1)C(F)(F)F. The summed E-state index contributed by atoms with van der Waals surface area (Å²) in [5.74, 6) is -1.81. The maximum Gasteiger partial charge on any atom is 0.432 e. The topological polar surface area (TPSA) is 90.5 Å². The van der Waals surface area contributed by atoms with Gasteiger partial charge < -0.3 is 14.2 Å². The van der Waals surface area contributed by atoms with Crippen molar-refractivity contribution in [2.75, 3.05) is 18.0 Å². The Bertz CT molecular complexity index is 907. The fraction of sp³-hybridized carbons (Fsp3) is 0.444. The predicted octanol–water partition coefficient (Wildman–Crippen LogP) is 3.78. The Kier molecular flexibility index (Phi) is 5.76. The Morgan fingerprint density at radius 2 is 1.97 bits per heavy atom. The van der Waals surface area contributed by atoms with Gasteiger partial charge >= 0.3 is 12.1 Å². The molecule has 1 aliphatic rings. The highest BCUT2D eigenvalue weighted by atomic mass is 19.4. The lowest BCUT2D eigenvalue weighted by atomic mass is 10.1. The summed E-state index contributed by atoms with van der Waals surface area (Å²) in [6.07, 6.45) is -2.23. The van der Waals surface area contributed by atoms with Crippen LogP contribution in [0, 0.1) is 10.1 Å². The molecule has 0 aliphatic carbocycles. The van der Waals surface area contributed by atoms with Crippen LogP contribution in [-0.4, -0.2) is 39.7 Å². The van der Waals surface area contributed by atoms with E-state index in [1.54, 1.807) is 0 Å². The van der Waals surface area contributed by atoms with E-state index in [0.29, 0.717) is 18.8 Å². The molecule has 156 valence electrons. The van der Waals surface area contributed by atoms with E-state index in [9.17, 15) is 28.1 Å². The lowest BCUT2D eigenvalue weighted by Gasteiger charge is -2.28. The fourth-order valence-electron chi connectivity index (χ4n) is 3.27. The van der Waals surface area contributed by atoms with E-state index in [2.05, 4.69) is 9.72 Å². The average Bonchev–Trinajstić information content (AvgIpc) is 3.10. The molecule has 0 radical (unpaired) electrons. The van der Waals surface area contributed by atoms with Gasteiger partial charge in [-0.05, 0) is 31.4 Å². The third-order valence-corrected chi connectivity index (χ3v) is 4.72. The molecular weight excluding hydrogens is 393 g/mol. The molecule has 8 nitrogen and oxygen atoms in total. The summed E-state index contributed by atoms with van der Waals surface area (Å²) in [4.78, 5) is 28.6. The summed E-state index contributed by atoms with van der Waals surface area (Å²) < 4.78 is 46.0. The van der Waals surface area contributed by atoms with E-state index >= 15 is 0 Å². The van der Waals surface area contributed by atoms with E-state index in [4.69, 9.17) is 0 Å². The number of nitro groups is 1. The van der Waals surface area contributed by atoms with Crippen LogP contribution in [0.1, 0.15) is 41.5 Å². The van der Waals surface area contributed by atoms with Crippen molar-refractivity contribution in [3.63, 3.8) is 0 Å². The second kappa shape index (κ2) is 8.10. The van der Waals surface area contributed by atoms with Gasteiger partial charge in [-0.25, -0.2) is 9.78 Å². The zero-order valence-electron chi connectivity index (χ0n) is 15.6. The van der Waals surface area contributed by atoms with Crippen molar-refractivity contribution in [2.24, 2.45) is 7.05 Å². The van der Waals surface area contributed by atoms with Crippen molar-refractivity contribution in [3.05, 3.63) is 52.1 Å². The number of nitro benzene ring substituents is 1. The first kappa shape index (κ1) is 20.6. The van der Waals surface area contributed by atoms with Gasteiger partial charge in [-0.1, -0.05) is 0 Å². The molecule has 0 unspecified atom stereocenters. The number of benzene rings is 1. The van der Waals surface area contributed by atoms with E-state index in [1.165, 1.54) is 25.4 Å². The number of aromatic nitrogens is 2. The third kappa shape index (κ3) is 4.49. The molecule has 1 atom stereocenters. The molecule has 0 spiro atoms. The number of hydrogen-bond acceptors (Lipinski definition) is 6. The van der Waals surface area contributed by atoms with Crippen molar-refractivity contribution < 1.29 is 27.6 Å². The molecule has 1 aromatic carbocycles. The maximum atomic E-state index is 13.4. The normalized spacial score (nSPS) is 15.8. The van der Waals surface area contributed by atoms with Gasteiger partial charge in [-0.15, -0.1) is 0 Å². The van der Waals surface area contributed by atoms with Crippen molar-refractivity contribution in [1.29, 1.82) is 0 Å². The Morgan fingerprint density at radius 1 is 1.28 bits per heavy atom. The van der Waals surface area contributed by atoms with Crippen LogP contribution in [0.2, 0.25) is 0 Å². The number of alkyl halides is 3. The van der Waals surface area contributed by atoms with Crippen molar-refractivity contribution in [1.82, 2.24) is 9.55 Å². The first-order chi connectivity index (χ1) is 13.7. The largest absolute Gasteiger partial charge is 0.441 e. The van der Waals surface area contributed by atoms with E-state index in [0.717, 1.165) is 36.1 Å². The Balaban J connectivity index is 1.89. The molecule has 0 bridgehead atoms. The molecule has 1 aromatic heterocycles. The van der Waals surface area contributed by atoms with Crippen LogP contribution in [0.5, 0.6) is 0 Å². The van der Waals surface area contributed by atoms with Crippen LogP contribution in [0.3, 0.4) is 0 Å². The molecule has 1 aliphatic heterocycles. The van der Waals surface area contributed by atoms with E-state index in [-0.39, 0.29) is 11.3 Å². The lowest BCUT2D eigenvalue weighted by molar-refractivity contribution is -0.384. The summed E-state index contributed by atoms with van der Waals surface area (Å²) in [5, 5.41) is 11.5. The zero-order valence-corrected chi connectivity index (χ0v) is 15.6. The van der Waals surface area contributed by atoms with Gasteiger partial charge in [0.25, 0.3) is 11.8 Å². The monoisotopic (exact) mass is 412 g/mol. The number of esters is 1. The number of rotatable bonds is 5. The second-order valence-corrected chi connectivity index (χ2v) is 6.73. The zero-order chi connectivity index (χ0) is 21.2. The number of anilines is 1. The minimum atomic E-state index is -4.89. The van der Waals surface area contributed by atoms with Crippen LogP contribution in [0.15, 0.2) is 30.6 Å². The minimum absolute atomic E-state index is 0.332. The highest BCUT2D eigenvalue weighted by Gasteiger charge is 2.46. The number of halogens is 3. The van der Waals surface area contributed by atoms with Gasteiger partial charge in [-0.2, -0.15) is 13.2 Å². The summed E-state index contributed by atoms with van der Waals surface area (Å²) in [6, 6.07) is 3.58. The minimum Gasteiger partial charge on any atom is -0.441 e. The number of carbonyl (C=O) groups is 1. The molecule has 11 heteroatoms. The number of imidazole rings is 1. The van der Waals surface area contributed by atoms with Crippen LogP contribution in [0.4, 0.5) is 24.5 Å². The van der Waals surface area contributed by atoms with Gasteiger partial charge in [-0.3, -0.25) is 10.1 Å². The number of hydrogen-bond donors (Lipinski definition) is 0. The Morgan fingerprint density at radius 3 is 2.52 bits per heavy atom. The maximum absolute atomic E-state index is 13.4. The highest BCUT2D eigenvalue weighted by molar-refractivity contribution is 5.91. The molecule has 0 amide bonds. The molecule has 1 saturated heterocycles. The van der Waals surface area contributed by atoms with Gasteiger partial charge in [0.2, 0.25) is 0 Å². The number of ether oxygens (including phenoxy) is 1. The van der Waals surface area contributed by atoms with Crippen LogP contribution < -0.4 is 4.90 Å². The van der Waals surface area contributed by atoms with Gasteiger partial charge in [0.05, 0.1) is 10.5 Å². The average molecular weight is 412 g/mol. The highest BCUT2D eigenvalue weighted by Crippen LogP contribution is 2.36. The van der Waals surface area contributed by atoms with Crippen LogP contribution in [-0.2, 0) is 11.8 Å². The molecule has 2 aromatic rings. The Hall–Kier alpha value is -3.11. The molecule has 0 N–H and O–H groups in total. The molecular formula is C18H19F3N4O4. The number of aryl methyl sites for hydroxylation is 1. The quantitative estimate of drug-likeness (QED) is 0.422. The number of piperidine rings is 1. The smallest absolute Gasteiger partial charge is 0.432 e. The second-order valence-electron chi connectivity index (χ2n) is 6.73. The van der Waals surface area contributed by atoms with Gasteiger partial charge in [0.1, 0.15) is 5.69 Å². The summed E-state index contributed by atoms with van der Waals surface area (Å²) in [5.41, 5.74) is -0.342. The van der Waals surface area contributed by atoms with Crippen LogP contribution >= 0.6 is 0 Å². The van der Waals surface area contributed by atoms with Crippen molar-refractivity contribution >= 4 is 17.3 Å². The third-order valence-electron chi connectivity index (χ3n) is 4.72. The molecule has 3 rings (SSSR count). The number of carbonyl (C=O) groups excluding carboxylic acids is 1. The lowest BCUT2D eigenvalue weighted by Crippen LogP contribution is -2.30. The molecule has 29 heavy (non-hydrogen) atoms. The molecule has 1 fully saturated rings. The molecule has 0 saturated carbocycles. The summed E-state index contributed by atoms with van der Waals surface area (Å²) >= 11 is 0. The standard InChI is InChI=1S/C18H19F3N4O4/c1-23-10-7-22-16(23)15(18(19,20)21)29-17(26)12-5-6-13(14(11-12)25(27)28)24-8-3-2-4-9-24/h5-7,10-11,15H,2-4,8-9H2,1H3/t15-/m0/s1. The fourth-order valence-corrected chi connectivity index (χ4v) is 3.27. The number of nitrogens with zero attached hydrogens (tertiary/aromatic N) is 4. The summed E-state index contributed by atoms with van der Waals surface area (Å²) in [7, 11) is 1.34. The first-order valence-corrected chi connectivity index (χ1v) is 8.97. The van der Waals surface area contributed by atoms with E-state index < -0.39 is 29.0 Å². The van der Waals surface area contributed by atoms with Crippen molar-refractivity contribution in [3.8, 4) is 0 Å². The first-order valence-electron chi connectivity index (χ1n) is 8.97. The predicted molar refractivity (Wildman–Crippen MR) is 96.6 cm³/mol. The Labute approximate surface area is 164 Å². The van der Waals surface area contributed by atoms with Gasteiger partial charge in [0.15, 0.2) is 5.82 Å². The molecule has 2 heterocycles. The van der Waals surface area contributed by atoms with Crippen LogP contribution in [0.25, 0.3) is 0 Å². The summed E-state index contributed by atoms with van der Waals surface area (Å²) in [6.45, 7) is 1.28. The van der Waals surface area contributed by atoms with Crippen molar-refractivity contribution in [2.45, 2.75) is 31.5 Å². The van der Waals surface area contributed by atoms with E-state index in [1.807, 2.05) is 4.90 Å².